The number of halogens is 1. The first kappa shape index (κ1) is 10.5. The molecule has 1 aliphatic carbocycles. The second-order valence-electron chi connectivity index (χ2n) is 4.75. The second kappa shape index (κ2) is 4.21. The molecule has 82 valence electrons. The van der Waals surface area contributed by atoms with Crippen LogP contribution in [0.1, 0.15) is 44.1 Å². The van der Waals surface area contributed by atoms with Gasteiger partial charge in [-0.3, -0.25) is 0 Å². The molecule has 1 aromatic carbocycles. The highest BCUT2D eigenvalue weighted by molar-refractivity contribution is 5.43. The van der Waals surface area contributed by atoms with Crippen molar-refractivity contribution in [2.24, 2.45) is 5.92 Å². The molecule has 1 fully saturated rings. The lowest BCUT2D eigenvalue weighted by atomic mass is 9.79. The van der Waals surface area contributed by atoms with Gasteiger partial charge in [-0.25, -0.2) is 4.39 Å². The van der Waals surface area contributed by atoms with Crippen LogP contribution in [0, 0.1) is 11.7 Å². The van der Waals surface area contributed by atoms with Gasteiger partial charge >= 0.3 is 0 Å². The van der Waals surface area contributed by atoms with E-state index in [4.69, 9.17) is 5.73 Å². The Hall–Kier alpha value is -1.05. The van der Waals surface area contributed by atoms with Crippen LogP contribution < -0.4 is 5.73 Å². The molecule has 0 aliphatic heterocycles. The van der Waals surface area contributed by atoms with Gasteiger partial charge in [0.05, 0.1) is 5.69 Å². The normalized spacial score (nSPS) is 26.5. The number of hydrogen-bond acceptors (Lipinski definition) is 1. The Balaban J connectivity index is 2.18. The fourth-order valence-corrected chi connectivity index (χ4v) is 2.55. The first-order chi connectivity index (χ1) is 7.16. The number of rotatable bonds is 1. The molecule has 0 saturated heterocycles. The van der Waals surface area contributed by atoms with Gasteiger partial charge in [0.15, 0.2) is 0 Å². The SMILES string of the molecule is C[C@H]1CCC[C@@H](c2ccc(F)c(N)c2)C1. The molecule has 0 heterocycles. The number of benzene rings is 1. The van der Waals surface area contributed by atoms with E-state index in [9.17, 15) is 4.39 Å². The minimum atomic E-state index is -0.303. The molecular formula is C13H18FN. The van der Waals surface area contributed by atoms with E-state index in [0.717, 1.165) is 5.92 Å². The molecule has 1 aliphatic rings. The molecule has 0 aromatic heterocycles. The van der Waals surface area contributed by atoms with E-state index >= 15 is 0 Å². The van der Waals surface area contributed by atoms with E-state index in [2.05, 4.69) is 6.92 Å². The summed E-state index contributed by atoms with van der Waals surface area (Å²) in [4.78, 5) is 0. The summed E-state index contributed by atoms with van der Waals surface area (Å²) in [5.74, 6) is 1.06. The van der Waals surface area contributed by atoms with Gasteiger partial charge in [-0.05, 0) is 42.4 Å². The third-order valence-corrected chi connectivity index (χ3v) is 3.43. The number of hydrogen-bond donors (Lipinski definition) is 1. The highest BCUT2D eigenvalue weighted by atomic mass is 19.1. The topological polar surface area (TPSA) is 26.0 Å². The first-order valence-corrected chi connectivity index (χ1v) is 5.71. The molecule has 2 rings (SSSR count). The molecule has 0 spiro atoms. The summed E-state index contributed by atoms with van der Waals surface area (Å²) in [6.07, 6.45) is 5.04. The highest BCUT2D eigenvalue weighted by Crippen LogP contribution is 2.36. The molecule has 0 radical (unpaired) electrons. The van der Waals surface area contributed by atoms with E-state index < -0.39 is 0 Å². The van der Waals surface area contributed by atoms with Crippen LogP contribution >= 0.6 is 0 Å². The van der Waals surface area contributed by atoms with E-state index in [1.54, 1.807) is 6.07 Å². The van der Waals surface area contributed by atoms with Crippen LogP contribution in [-0.4, -0.2) is 0 Å². The molecule has 0 unspecified atom stereocenters. The van der Waals surface area contributed by atoms with Gasteiger partial charge in [-0.2, -0.15) is 0 Å². The fourth-order valence-electron chi connectivity index (χ4n) is 2.55. The molecule has 2 atom stereocenters. The maximum Gasteiger partial charge on any atom is 0.146 e. The van der Waals surface area contributed by atoms with Gasteiger partial charge < -0.3 is 5.73 Å². The monoisotopic (exact) mass is 207 g/mol. The Morgan fingerprint density at radius 3 is 2.80 bits per heavy atom. The molecule has 1 saturated carbocycles. The summed E-state index contributed by atoms with van der Waals surface area (Å²) in [6.45, 7) is 2.29. The van der Waals surface area contributed by atoms with Crippen LogP contribution in [0.5, 0.6) is 0 Å². The minimum Gasteiger partial charge on any atom is -0.396 e. The molecule has 1 nitrogen and oxygen atoms in total. The Kier molecular flexibility index (Phi) is 2.94. The third-order valence-electron chi connectivity index (χ3n) is 3.43. The summed E-state index contributed by atoms with van der Waals surface area (Å²) >= 11 is 0. The Morgan fingerprint density at radius 2 is 2.13 bits per heavy atom. The lowest BCUT2D eigenvalue weighted by molar-refractivity contribution is 0.344. The number of nitrogens with two attached hydrogens (primary N) is 1. The molecule has 1 aromatic rings. The summed E-state index contributed by atoms with van der Waals surface area (Å²) < 4.78 is 13.0. The van der Waals surface area contributed by atoms with Gasteiger partial charge in [0.2, 0.25) is 0 Å². The third kappa shape index (κ3) is 2.31. The summed E-state index contributed by atoms with van der Waals surface area (Å²) in [5, 5.41) is 0. The van der Waals surface area contributed by atoms with E-state index in [1.807, 2.05) is 6.07 Å². The predicted octanol–water partition coefficient (Wildman–Crippen LogP) is 3.70. The lowest BCUT2D eigenvalue weighted by Gasteiger charge is -2.27. The zero-order valence-corrected chi connectivity index (χ0v) is 9.17. The molecule has 0 bridgehead atoms. The number of nitrogen functional groups attached to an aromatic ring is 1. The average Bonchev–Trinajstić information content (AvgIpc) is 2.22. The van der Waals surface area contributed by atoms with Crippen molar-refractivity contribution in [3.63, 3.8) is 0 Å². The van der Waals surface area contributed by atoms with Crippen molar-refractivity contribution in [3.05, 3.63) is 29.6 Å². The predicted molar refractivity (Wildman–Crippen MR) is 61.2 cm³/mol. The number of anilines is 1. The molecular weight excluding hydrogens is 189 g/mol. The van der Waals surface area contributed by atoms with Gasteiger partial charge in [0, 0.05) is 0 Å². The zero-order valence-electron chi connectivity index (χ0n) is 9.17. The van der Waals surface area contributed by atoms with Crippen molar-refractivity contribution < 1.29 is 4.39 Å². The second-order valence-corrected chi connectivity index (χ2v) is 4.75. The van der Waals surface area contributed by atoms with Crippen molar-refractivity contribution in [3.8, 4) is 0 Å². The Bertz CT molecular complexity index is 348. The molecule has 15 heavy (non-hydrogen) atoms. The van der Waals surface area contributed by atoms with Crippen LogP contribution in [0.4, 0.5) is 10.1 Å². The van der Waals surface area contributed by atoms with Crippen LogP contribution in [0.25, 0.3) is 0 Å². The van der Waals surface area contributed by atoms with Crippen molar-refractivity contribution in [2.45, 2.75) is 38.5 Å². The largest absolute Gasteiger partial charge is 0.396 e. The van der Waals surface area contributed by atoms with Crippen LogP contribution in [0.15, 0.2) is 18.2 Å². The van der Waals surface area contributed by atoms with Gasteiger partial charge in [-0.1, -0.05) is 25.8 Å². The van der Waals surface area contributed by atoms with Crippen molar-refractivity contribution in [1.29, 1.82) is 0 Å². The van der Waals surface area contributed by atoms with Crippen LogP contribution in [0.2, 0.25) is 0 Å². The summed E-state index contributed by atoms with van der Waals surface area (Å²) in [7, 11) is 0. The van der Waals surface area contributed by atoms with Crippen LogP contribution in [-0.2, 0) is 0 Å². The van der Waals surface area contributed by atoms with Gasteiger partial charge in [0.25, 0.3) is 0 Å². The quantitative estimate of drug-likeness (QED) is 0.698. The highest BCUT2D eigenvalue weighted by Gasteiger charge is 2.20. The molecule has 2 N–H and O–H groups in total. The molecule has 0 amide bonds. The minimum absolute atomic E-state index is 0.283. The molecule has 2 heteroatoms. The maximum atomic E-state index is 13.0. The van der Waals surface area contributed by atoms with Crippen LogP contribution in [0.3, 0.4) is 0 Å². The van der Waals surface area contributed by atoms with E-state index in [1.165, 1.54) is 37.3 Å². The first-order valence-electron chi connectivity index (χ1n) is 5.71. The summed E-state index contributed by atoms with van der Waals surface area (Å²) in [5.41, 5.74) is 7.08. The summed E-state index contributed by atoms with van der Waals surface area (Å²) in [6, 6.07) is 5.18. The fraction of sp³-hybridized carbons (Fsp3) is 0.538. The smallest absolute Gasteiger partial charge is 0.146 e. The Labute approximate surface area is 90.5 Å². The van der Waals surface area contributed by atoms with E-state index in [-0.39, 0.29) is 11.5 Å². The average molecular weight is 207 g/mol. The van der Waals surface area contributed by atoms with Gasteiger partial charge in [-0.15, -0.1) is 0 Å². The standard InChI is InChI=1S/C13H18FN/c1-9-3-2-4-10(7-9)11-5-6-12(14)13(15)8-11/h5-6,8-10H,2-4,7,15H2,1H3/t9-,10+/m0/s1. The Morgan fingerprint density at radius 1 is 1.33 bits per heavy atom. The lowest BCUT2D eigenvalue weighted by Crippen LogP contribution is -2.12. The van der Waals surface area contributed by atoms with Gasteiger partial charge in [0.1, 0.15) is 5.82 Å². The van der Waals surface area contributed by atoms with E-state index in [0.29, 0.717) is 5.92 Å². The van der Waals surface area contributed by atoms with Crippen molar-refractivity contribution >= 4 is 5.69 Å². The maximum absolute atomic E-state index is 13.0. The zero-order chi connectivity index (χ0) is 10.8. The van der Waals surface area contributed by atoms with Crippen molar-refractivity contribution in [2.75, 3.05) is 5.73 Å². The van der Waals surface area contributed by atoms with Crippen molar-refractivity contribution in [1.82, 2.24) is 0 Å².